The molecule has 1 aliphatic rings. The average Bonchev–Trinajstić information content (AvgIpc) is 2.83. The van der Waals surface area contributed by atoms with Crippen LogP contribution in [0, 0.1) is 11.6 Å². The second-order valence-electron chi connectivity index (χ2n) is 4.11. The lowest BCUT2D eigenvalue weighted by Crippen LogP contribution is -2.19. The maximum absolute atomic E-state index is 13.6. The molecule has 0 amide bonds. The normalized spacial score (nSPS) is 18.9. The summed E-state index contributed by atoms with van der Waals surface area (Å²) in [6.07, 6.45) is 1.83. The highest BCUT2D eigenvalue weighted by molar-refractivity contribution is 5.88. The van der Waals surface area contributed by atoms with Crippen LogP contribution < -0.4 is 5.32 Å². The molecule has 0 radical (unpaired) electrons. The summed E-state index contributed by atoms with van der Waals surface area (Å²) < 4.78 is 32.3. The molecule has 0 saturated carbocycles. The minimum Gasteiger partial charge on any atom is -0.478 e. The average molecular weight is 257 g/mol. The van der Waals surface area contributed by atoms with Gasteiger partial charge in [-0.05, 0) is 25.0 Å². The number of carboxylic acid groups (broad SMARTS) is 1. The number of ether oxygens (including phenoxy) is 1. The molecular formula is C12H13F2NO3. The number of halogens is 2. The summed E-state index contributed by atoms with van der Waals surface area (Å²) in [5, 5.41) is 11.4. The summed E-state index contributed by atoms with van der Waals surface area (Å²) in [6.45, 7) is 1.06. The predicted molar refractivity (Wildman–Crippen MR) is 60.8 cm³/mol. The summed E-state index contributed by atoms with van der Waals surface area (Å²) in [5.74, 6) is -4.01. The van der Waals surface area contributed by atoms with E-state index in [2.05, 4.69) is 5.32 Å². The first kappa shape index (κ1) is 12.8. The molecule has 0 spiro atoms. The van der Waals surface area contributed by atoms with Gasteiger partial charge in [-0.3, -0.25) is 0 Å². The van der Waals surface area contributed by atoms with E-state index in [9.17, 15) is 13.6 Å². The number of hydrogen-bond acceptors (Lipinski definition) is 3. The molecule has 1 atom stereocenters. The van der Waals surface area contributed by atoms with E-state index in [1.54, 1.807) is 0 Å². The minimum atomic E-state index is -1.49. The Balaban J connectivity index is 2.09. The quantitative estimate of drug-likeness (QED) is 0.868. The molecule has 6 heteroatoms. The van der Waals surface area contributed by atoms with Gasteiger partial charge in [0, 0.05) is 13.2 Å². The standard InChI is InChI=1S/C12H13F2NO3/c13-10-8(12(16)17)3-4-9(11(10)14)15-6-7-2-1-5-18-7/h3-4,7,15H,1-2,5-6H2,(H,16,17). The maximum atomic E-state index is 13.6. The van der Waals surface area contributed by atoms with Gasteiger partial charge < -0.3 is 15.2 Å². The Morgan fingerprint density at radius 3 is 2.83 bits per heavy atom. The molecule has 1 unspecified atom stereocenters. The van der Waals surface area contributed by atoms with Crippen molar-refractivity contribution in [1.82, 2.24) is 0 Å². The van der Waals surface area contributed by atoms with Gasteiger partial charge in [0.2, 0.25) is 0 Å². The van der Waals surface area contributed by atoms with Crippen LogP contribution in [0.2, 0.25) is 0 Å². The summed E-state index contributed by atoms with van der Waals surface area (Å²) in [7, 11) is 0. The molecule has 0 aliphatic carbocycles. The highest BCUT2D eigenvalue weighted by Crippen LogP contribution is 2.21. The lowest BCUT2D eigenvalue weighted by molar-refractivity contribution is 0.0690. The van der Waals surface area contributed by atoms with Gasteiger partial charge in [-0.25, -0.2) is 13.6 Å². The van der Waals surface area contributed by atoms with Crippen LogP contribution in [0.5, 0.6) is 0 Å². The van der Waals surface area contributed by atoms with Crippen molar-refractivity contribution in [3.63, 3.8) is 0 Å². The van der Waals surface area contributed by atoms with Crippen LogP contribution in [-0.2, 0) is 4.74 Å². The highest BCUT2D eigenvalue weighted by atomic mass is 19.2. The number of nitrogens with one attached hydrogen (secondary N) is 1. The van der Waals surface area contributed by atoms with Gasteiger partial charge >= 0.3 is 5.97 Å². The zero-order chi connectivity index (χ0) is 13.1. The summed E-state index contributed by atoms with van der Waals surface area (Å²) >= 11 is 0. The number of benzene rings is 1. The fraction of sp³-hybridized carbons (Fsp3) is 0.417. The molecule has 1 aliphatic heterocycles. The van der Waals surface area contributed by atoms with Crippen LogP contribution in [0.25, 0.3) is 0 Å². The molecule has 0 bridgehead atoms. The molecule has 2 N–H and O–H groups in total. The van der Waals surface area contributed by atoms with Crippen LogP contribution in [0.4, 0.5) is 14.5 Å². The molecule has 1 aromatic rings. The van der Waals surface area contributed by atoms with Crippen molar-refractivity contribution in [2.45, 2.75) is 18.9 Å². The Kier molecular flexibility index (Phi) is 3.76. The zero-order valence-corrected chi connectivity index (χ0v) is 9.58. The number of rotatable bonds is 4. The van der Waals surface area contributed by atoms with E-state index in [1.165, 1.54) is 6.07 Å². The number of aromatic carboxylic acids is 1. The topological polar surface area (TPSA) is 58.6 Å². The summed E-state index contributed by atoms with van der Waals surface area (Å²) in [5.41, 5.74) is -0.719. The van der Waals surface area contributed by atoms with Gasteiger partial charge in [0.05, 0.1) is 17.4 Å². The van der Waals surface area contributed by atoms with E-state index in [0.29, 0.717) is 13.2 Å². The van der Waals surface area contributed by atoms with Crippen LogP contribution in [-0.4, -0.2) is 30.3 Å². The molecule has 1 aromatic carbocycles. The first-order valence-electron chi connectivity index (χ1n) is 5.66. The monoisotopic (exact) mass is 257 g/mol. The SMILES string of the molecule is O=C(O)c1ccc(NCC2CCCO2)c(F)c1F. The molecule has 1 fully saturated rings. The Hall–Kier alpha value is -1.69. The van der Waals surface area contributed by atoms with E-state index < -0.39 is 23.2 Å². The van der Waals surface area contributed by atoms with Crippen LogP contribution in [0.15, 0.2) is 12.1 Å². The number of carboxylic acids is 1. The molecule has 18 heavy (non-hydrogen) atoms. The molecule has 0 aromatic heterocycles. The smallest absolute Gasteiger partial charge is 0.338 e. The van der Waals surface area contributed by atoms with Crippen molar-refractivity contribution >= 4 is 11.7 Å². The molecule has 4 nitrogen and oxygen atoms in total. The lowest BCUT2D eigenvalue weighted by Gasteiger charge is -2.13. The highest BCUT2D eigenvalue weighted by Gasteiger charge is 2.19. The minimum absolute atomic E-state index is 0.00777. The first-order chi connectivity index (χ1) is 8.59. The summed E-state index contributed by atoms with van der Waals surface area (Å²) in [6, 6.07) is 2.26. The van der Waals surface area contributed by atoms with Gasteiger partial charge in [-0.1, -0.05) is 0 Å². The van der Waals surface area contributed by atoms with Crippen LogP contribution >= 0.6 is 0 Å². The lowest BCUT2D eigenvalue weighted by atomic mass is 10.1. The first-order valence-corrected chi connectivity index (χ1v) is 5.66. The van der Waals surface area contributed by atoms with E-state index in [4.69, 9.17) is 9.84 Å². The molecule has 1 heterocycles. The van der Waals surface area contributed by atoms with E-state index in [1.807, 2.05) is 0 Å². The van der Waals surface area contributed by atoms with Gasteiger partial charge in [0.15, 0.2) is 11.6 Å². The molecule has 1 saturated heterocycles. The Morgan fingerprint density at radius 2 is 2.22 bits per heavy atom. The van der Waals surface area contributed by atoms with Gasteiger partial charge in [0.1, 0.15) is 0 Å². The van der Waals surface area contributed by atoms with Gasteiger partial charge in [-0.15, -0.1) is 0 Å². The largest absolute Gasteiger partial charge is 0.478 e. The van der Waals surface area contributed by atoms with Crippen molar-refractivity contribution in [2.24, 2.45) is 0 Å². The Morgan fingerprint density at radius 1 is 1.44 bits per heavy atom. The molecule has 98 valence electrons. The maximum Gasteiger partial charge on any atom is 0.338 e. The van der Waals surface area contributed by atoms with Crippen molar-refractivity contribution in [3.05, 3.63) is 29.3 Å². The second kappa shape index (κ2) is 5.30. The second-order valence-corrected chi connectivity index (χ2v) is 4.11. The van der Waals surface area contributed by atoms with E-state index in [-0.39, 0.29) is 11.8 Å². The molecular weight excluding hydrogens is 244 g/mol. The van der Waals surface area contributed by atoms with Crippen LogP contribution in [0.3, 0.4) is 0 Å². The van der Waals surface area contributed by atoms with Crippen molar-refractivity contribution < 1.29 is 23.4 Å². The molecule has 2 rings (SSSR count). The Bertz CT molecular complexity index is 459. The fourth-order valence-corrected chi connectivity index (χ4v) is 1.88. The third-order valence-electron chi connectivity index (χ3n) is 2.86. The number of anilines is 1. The van der Waals surface area contributed by atoms with E-state index in [0.717, 1.165) is 18.9 Å². The zero-order valence-electron chi connectivity index (χ0n) is 9.58. The van der Waals surface area contributed by atoms with Crippen molar-refractivity contribution in [3.8, 4) is 0 Å². The summed E-state index contributed by atoms with van der Waals surface area (Å²) in [4.78, 5) is 10.6. The van der Waals surface area contributed by atoms with Gasteiger partial charge in [0.25, 0.3) is 0 Å². The van der Waals surface area contributed by atoms with Crippen molar-refractivity contribution in [1.29, 1.82) is 0 Å². The van der Waals surface area contributed by atoms with Crippen molar-refractivity contribution in [2.75, 3.05) is 18.5 Å². The Labute approximate surface area is 103 Å². The number of hydrogen-bond donors (Lipinski definition) is 2. The fourth-order valence-electron chi connectivity index (χ4n) is 1.88. The van der Waals surface area contributed by atoms with Gasteiger partial charge in [-0.2, -0.15) is 0 Å². The predicted octanol–water partition coefficient (Wildman–Crippen LogP) is 2.25. The van der Waals surface area contributed by atoms with Crippen LogP contribution in [0.1, 0.15) is 23.2 Å². The third-order valence-corrected chi connectivity index (χ3v) is 2.86. The third kappa shape index (κ3) is 2.59. The number of carbonyl (C=O) groups is 1. The van der Waals surface area contributed by atoms with E-state index >= 15 is 0 Å².